The minimum absolute atomic E-state index is 0.0844. The van der Waals surface area contributed by atoms with E-state index >= 15 is 0 Å². The number of aromatic nitrogens is 4. The van der Waals surface area contributed by atoms with Crippen molar-refractivity contribution in [3.63, 3.8) is 0 Å². The average molecular weight is 381 g/mol. The van der Waals surface area contributed by atoms with Crippen LogP contribution in [0.3, 0.4) is 0 Å². The molecule has 144 valence electrons. The van der Waals surface area contributed by atoms with Crippen LogP contribution in [0.4, 0.5) is 19.0 Å². The second kappa shape index (κ2) is 7.29. The van der Waals surface area contributed by atoms with Crippen LogP contribution in [0, 0.1) is 0 Å². The normalized spacial score (nSPS) is 11.9. The molecular weight excluding hydrogens is 363 g/mol. The van der Waals surface area contributed by atoms with Crippen LogP contribution in [-0.2, 0) is 17.5 Å². The molecule has 3 aromatic rings. The van der Waals surface area contributed by atoms with E-state index in [0.29, 0.717) is 17.8 Å². The Morgan fingerprint density at radius 3 is 2.74 bits per heavy atom. The average Bonchev–Trinajstić information content (AvgIpc) is 3.21. The molecule has 0 fully saturated rings. The molecule has 0 aliphatic heterocycles. The van der Waals surface area contributed by atoms with Crippen LogP contribution in [0.15, 0.2) is 30.6 Å². The smallest absolute Gasteiger partial charge is 0.431 e. The van der Waals surface area contributed by atoms with Crippen LogP contribution in [0.2, 0.25) is 0 Å². The van der Waals surface area contributed by atoms with Crippen LogP contribution >= 0.6 is 0 Å². The molecule has 0 unspecified atom stereocenters. The van der Waals surface area contributed by atoms with Crippen molar-refractivity contribution < 1.29 is 23.1 Å². The number of anilines is 1. The third-order valence-electron chi connectivity index (χ3n) is 4.02. The molecule has 0 aliphatic rings. The summed E-state index contributed by atoms with van der Waals surface area (Å²) in [6, 6.07) is 3.78. The molecule has 0 bridgehead atoms. The molecular formula is C17H18F3N5O2. The number of halogens is 3. The van der Waals surface area contributed by atoms with Gasteiger partial charge in [0.15, 0.2) is 0 Å². The second-order valence-corrected chi connectivity index (χ2v) is 5.92. The van der Waals surface area contributed by atoms with Crippen molar-refractivity contribution in [2.45, 2.75) is 32.5 Å². The first-order chi connectivity index (χ1) is 12.8. The van der Waals surface area contributed by atoms with Gasteiger partial charge < -0.3 is 10.4 Å². The Kier molecular flexibility index (Phi) is 5.06. The van der Waals surface area contributed by atoms with Gasteiger partial charge in [0.2, 0.25) is 0 Å². The van der Waals surface area contributed by atoms with E-state index in [2.05, 4.69) is 15.4 Å². The molecule has 10 heteroatoms. The summed E-state index contributed by atoms with van der Waals surface area (Å²) >= 11 is 0. The lowest BCUT2D eigenvalue weighted by atomic mass is 10.2. The molecule has 3 aromatic heterocycles. The van der Waals surface area contributed by atoms with Gasteiger partial charge in [-0.25, -0.2) is 4.98 Å². The van der Waals surface area contributed by atoms with Gasteiger partial charge in [-0.05, 0) is 25.5 Å². The number of rotatable bonds is 7. The maximum atomic E-state index is 13.5. The molecule has 2 N–H and O–H groups in total. The zero-order valence-electron chi connectivity index (χ0n) is 14.5. The first-order valence-corrected chi connectivity index (χ1v) is 8.38. The number of fused-ring (bicyclic) bond motifs is 1. The topological polar surface area (TPSA) is 84.5 Å². The van der Waals surface area contributed by atoms with Crippen LogP contribution in [0.5, 0.6) is 0 Å². The number of hydrogen-bond acceptors (Lipinski definition) is 4. The molecule has 0 saturated carbocycles. The summed E-state index contributed by atoms with van der Waals surface area (Å²) < 4.78 is 43.1. The highest BCUT2D eigenvalue weighted by molar-refractivity contribution is 5.76. The maximum absolute atomic E-state index is 13.5. The fourth-order valence-electron chi connectivity index (χ4n) is 2.78. The zero-order chi connectivity index (χ0) is 19.6. The molecule has 7 nitrogen and oxygen atoms in total. The minimum Gasteiger partial charge on any atom is -0.481 e. The predicted molar refractivity (Wildman–Crippen MR) is 92.4 cm³/mol. The van der Waals surface area contributed by atoms with Crippen molar-refractivity contribution in [1.82, 2.24) is 19.2 Å². The van der Waals surface area contributed by atoms with E-state index in [-0.39, 0.29) is 30.9 Å². The molecule has 3 heterocycles. The summed E-state index contributed by atoms with van der Waals surface area (Å²) in [7, 11) is 0. The van der Waals surface area contributed by atoms with Crippen molar-refractivity contribution in [2.75, 3.05) is 11.9 Å². The van der Waals surface area contributed by atoms with Gasteiger partial charge in [0.1, 0.15) is 22.9 Å². The molecule has 0 aromatic carbocycles. The summed E-state index contributed by atoms with van der Waals surface area (Å²) in [6.07, 6.45) is -1.13. The number of pyridine rings is 1. The molecule has 0 amide bonds. The van der Waals surface area contributed by atoms with Crippen LogP contribution in [-0.4, -0.2) is 36.8 Å². The highest BCUT2D eigenvalue weighted by Crippen LogP contribution is 2.35. The first-order valence-electron chi connectivity index (χ1n) is 8.38. The lowest BCUT2D eigenvalue weighted by Gasteiger charge is -2.13. The third-order valence-corrected chi connectivity index (χ3v) is 4.02. The van der Waals surface area contributed by atoms with Crippen molar-refractivity contribution >= 4 is 17.4 Å². The molecule has 0 radical (unpaired) electrons. The van der Waals surface area contributed by atoms with Gasteiger partial charge in [0.05, 0.1) is 6.20 Å². The van der Waals surface area contributed by atoms with Crippen LogP contribution < -0.4 is 5.32 Å². The van der Waals surface area contributed by atoms with Gasteiger partial charge >= 0.3 is 12.1 Å². The van der Waals surface area contributed by atoms with Crippen molar-refractivity contribution in [3.05, 3.63) is 36.3 Å². The minimum atomic E-state index is -4.57. The number of hydrogen-bond donors (Lipinski definition) is 2. The van der Waals surface area contributed by atoms with Crippen LogP contribution in [0.1, 0.15) is 25.5 Å². The highest BCUT2D eigenvalue weighted by Gasteiger charge is 2.35. The van der Waals surface area contributed by atoms with Crippen LogP contribution in [0.25, 0.3) is 16.9 Å². The van der Waals surface area contributed by atoms with E-state index in [1.165, 1.54) is 12.1 Å². The quantitative estimate of drug-likeness (QED) is 0.612. The summed E-state index contributed by atoms with van der Waals surface area (Å²) in [6.45, 7) is 2.71. The van der Waals surface area contributed by atoms with Crippen molar-refractivity contribution in [2.24, 2.45) is 0 Å². The monoisotopic (exact) mass is 381 g/mol. The molecule has 0 aliphatic carbocycles. The lowest BCUT2D eigenvalue weighted by Crippen LogP contribution is -2.14. The number of nitrogens with one attached hydrogen (secondary N) is 1. The lowest BCUT2D eigenvalue weighted by molar-refractivity contribution is -0.142. The van der Waals surface area contributed by atoms with E-state index in [1.807, 2.05) is 6.92 Å². The number of alkyl halides is 3. The zero-order valence-corrected chi connectivity index (χ0v) is 14.5. The number of carboxylic acids is 1. The van der Waals surface area contributed by atoms with E-state index in [1.54, 1.807) is 17.1 Å². The Bertz CT molecular complexity index is 961. The maximum Gasteiger partial charge on any atom is 0.431 e. The number of nitrogens with zero attached hydrogens (tertiary/aromatic N) is 4. The summed E-state index contributed by atoms with van der Waals surface area (Å²) in [5.74, 6) is -0.797. The Morgan fingerprint density at radius 2 is 2.11 bits per heavy atom. The molecule has 0 spiro atoms. The Morgan fingerprint density at radius 1 is 1.33 bits per heavy atom. The summed E-state index contributed by atoms with van der Waals surface area (Å²) in [4.78, 5) is 15.0. The molecule has 3 rings (SSSR count). The SMILES string of the molecule is CCn1cc(-c2nc3cccc(C(F)(F)F)n3c2NCCCC(=O)O)cn1. The van der Waals surface area contributed by atoms with E-state index in [9.17, 15) is 18.0 Å². The van der Waals surface area contributed by atoms with Gasteiger partial charge in [-0.15, -0.1) is 0 Å². The Hall–Kier alpha value is -3.04. The number of aliphatic carboxylic acids is 1. The first kappa shape index (κ1) is 18.7. The number of aryl methyl sites for hydroxylation is 1. The Labute approximate surface area is 152 Å². The third kappa shape index (κ3) is 3.88. The number of carboxylic acid groups (broad SMARTS) is 1. The van der Waals surface area contributed by atoms with Gasteiger partial charge in [0, 0.05) is 31.3 Å². The molecule has 0 atom stereocenters. The summed E-state index contributed by atoms with van der Waals surface area (Å²) in [5, 5.41) is 15.8. The van der Waals surface area contributed by atoms with Crippen molar-refractivity contribution in [3.8, 4) is 11.3 Å². The number of imidazole rings is 1. The highest BCUT2D eigenvalue weighted by atomic mass is 19.4. The predicted octanol–water partition coefficient (Wildman–Crippen LogP) is 3.51. The Balaban J connectivity index is 2.10. The molecule has 0 saturated heterocycles. The van der Waals surface area contributed by atoms with E-state index < -0.39 is 17.8 Å². The van der Waals surface area contributed by atoms with Gasteiger partial charge in [-0.2, -0.15) is 18.3 Å². The van der Waals surface area contributed by atoms with Gasteiger partial charge in [-0.3, -0.25) is 13.9 Å². The van der Waals surface area contributed by atoms with E-state index in [4.69, 9.17) is 5.11 Å². The second-order valence-electron chi connectivity index (χ2n) is 5.92. The van der Waals surface area contributed by atoms with E-state index in [0.717, 1.165) is 10.5 Å². The van der Waals surface area contributed by atoms with Crippen molar-refractivity contribution in [1.29, 1.82) is 0 Å². The molecule has 27 heavy (non-hydrogen) atoms. The fourth-order valence-corrected chi connectivity index (χ4v) is 2.78. The number of carbonyl (C=O) groups is 1. The van der Waals surface area contributed by atoms with Gasteiger partial charge in [-0.1, -0.05) is 6.07 Å². The van der Waals surface area contributed by atoms with Gasteiger partial charge in [0.25, 0.3) is 0 Å². The fraction of sp³-hybridized carbons (Fsp3) is 0.353. The largest absolute Gasteiger partial charge is 0.481 e. The standard InChI is InChI=1S/C17H18F3N5O2/c1-2-24-10-11(9-22-24)15-16(21-8-4-7-14(26)27)25-12(17(18,19)20)5-3-6-13(25)23-15/h3,5-6,9-10,21H,2,4,7-8H2,1H3,(H,26,27). The summed E-state index contributed by atoms with van der Waals surface area (Å²) in [5.41, 5.74) is 0.198.